The number of amides is 2. The molecule has 18 heavy (non-hydrogen) atoms. The first-order valence-electron chi connectivity index (χ1n) is 4.85. The van der Waals surface area contributed by atoms with E-state index in [2.05, 4.69) is 4.98 Å². The minimum Gasteiger partial charge on any atom is -0.476 e. The second-order valence-electron chi connectivity index (χ2n) is 3.53. The van der Waals surface area contributed by atoms with E-state index < -0.39 is 17.8 Å². The van der Waals surface area contributed by atoms with E-state index in [4.69, 9.17) is 16.6 Å². The number of carbonyl (C=O) groups is 3. The minimum atomic E-state index is -1.12. The lowest BCUT2D eigenvalue weighted by atomic mass is 10.3. The molecule has 0 unspecified atom stereocenters. The summed E-state index contributed by atoms with van der Waals surface area (Å²) in [4.78, 5) is 37.5. The molecule has 0 saturated heterocycles. The molecule has 1 heterocycles. The van der Waals surface area contributed by atoms with Crippen molar-refractivity contribution in [1.82, 2.24) is 9.88 Å². The summed E-state index contributed by atoms with van der Waals surface area (Å²) in [5, 5.41) is 10.2. The normalized spacial score (nSPS) is 10.5. The Hall–Kier alpha value is -2.00. The zero-order valence-electron chi connectivity index (χ0n) is 9.33. The van der Waals surface area contributed by atoms with E-state index in [1.165, 1.54) is 4.90 Å². The third-order valence-electron chi connectivity index (χ3n) is 1.88. The Labute approximate surface area is 106 Å². The molecule has 0 aromatic carbocycles. The first-order chi connectivity index (χ1) is 8.38. The van der Waals surface area contributed by atoms with Crippen LogP contribution in [-0.4, -0.2) is 45.9 Å². The lowest BCUT2D eigenvalue weighted by Crippen LogP contribution is -2.39. The van der Waals surface area contributed by atoms with Crippen molar-refractivity contribution in [3.05, 3.63) is 16.1 Å². The third-order valence-corrected chi connectivity index (χ3v) is 2.76. The zero-order valence-corrected chi connectivity index (χ0v) is 10.1. The monoisotopic (exact) mass is 272 g/mol. The van der Waals surface area contributed by atoms with Gasteiger partial charge in [-0.05, 0) is 0 Å². The largest absolute Gasteiger partial charge is 0.476 e. The molecular weight excluding hydrogens is 260 g/mol. The average Bonchev–Trinajstić information content (AvgIpc) is 2.63. The number of hydrogen-bond acceptors (Lipinski definition) is 6. The number of carbonyl (C=O) groups excluding carboxylic acids is 2. The fourth-order valence-corrected chi connectivity index (χ4v) is 1.96. The molecule has 5 N–H and O–H groups in total. The molecule has 0 spiro atoms. The summed E-state index contributed by atoms with van der Waals surface area (Å²) in [7, 11) is 0. The molecular formula is C9H12N4O4S. The van der Waals surface area contributed by atoms with E-state index in [1.54, 1.807) is 5.38 Å². The zero-order chi connectivity index (χ0) is 13.7. The molecule has 1 aromatic heterocycles. The number of rotatable bonds is 7. The van der Waals surface area contributed by atoms with Gasteiger partial charge in [0.2, 0.25) is 16.8 Å². The van der Waals surface area contributed by atoms with Crippen molar-refractivity contribution in [2.75, 3.05) is 13.1 Å². The van der Waals surface area contributed by atoms with Crippen LogP contribution in [0.1, 0.15) is 15.5 Å². The van der Waals surface area contributed by atoms with Crippen molar-refractivity contribution in [1.29, 1.82) is 0 Å². The van der Waals surface area contributed by atoms with Gasteiger partial charge in [-0.2, -0.15) is 0 Å². The van der Waals surface area contributed by atoms with Crippen LogP contribution < -0.4 is 11.5 Å². The van der Waals surface area contributed by atoms with Gasteiger partial charge in [0, 0.05) is 11.9 Å². The van der Waals surface area contributed by atoms with E-state index in [9.17, 15) is 14.4 Å². The van der Waals surface area contributed by atoms with E-state index in [1.807, 2.05) is 0 Å². The van der Waals surface area contributed by atoms with E-state index in [0.717, 1.165) is 11.3 Å². The highest BCUT2D eigenvalue weighted by Gasteiger charge is 2.15. The molecule has 0 fully saturated rings. The third kappa shape index (κ3) is 4.47. The molecule has 1 rings (SSSR count). The molecule has 9 heteroatoms. The molecule has 0 aliphatic carbocycles. The van der Waals surface area contributed by atoms with Gasteiger partial charge in [0.05, 0.1) is 18.8 Å². The van der Waals surface area contributed by atoms with Crippen LogP contribution in [0.15, 0.2) is 5.38 Å². The summed E-state index contributed by atoms with van der Waals surface area (Å²) in [6.07, 6.45) is 0. The molecule has 0 atom stereocenters. The number of hydrogen-bond donors (Lipinski definition) is 3. The molecule has 98 valence electrons. The number of carboxylic acid groups (broad SMARTS) is 1. The van der Waals surface area contributed by atoms with Gasteiger partial charge in [-0.3, -0.25) is 14.5 Å². The summed E-state index contributed by atoms with van der Waals surface area (Å²) in [5.74, 6) is -2.34. The Morgan fingerprint density at radius 1 is 1.28 bits per heavy atom. The number of nitrogens with zero attached hydrogens (tertiary/aromatic N) is 2. The van der Waals surface area contributed by atoms with Gasteiger partial charge in [-0.1, -0.05) is 0 Å². The summed E-state index contributed by atoms with van der Waals surface area (Å²) >= 11 is 0.968. The standard InChI is InChI=1S/C9H12N4O4S/c10-6(14)2-13(3-7(11)15)1-5-4-18-8(12-5)9(16)17/h4H,1-3H2,(H2,10,14)(H2,11,15)(H,16,17). The highest BCUT2D eigenvalue weighted by atomic mass is 32.1. The molecule has 8 nitrogen and oxygen atoms in total. The van der Waals surface area contributed by atoms with Crippen LogP contribution in [0.4, 0.5) is 0 Å². The molecule has 0 aliphatic heterocycles. The van der Waals surface area contributed by atoms with E-state index in [-0.39, 0.29) is 24.6 Å². The average molecular weight is 272 g/mol. The molecule has 0 aliphatic rings. The number of thiazole rings is 1. The van der Waals surface area contributed by atoms with Crippen LogP contribution >= 0.6 is 11.3 Å². The van der Waals surface area contributed by atoms with Crippen molar-refractivity contribution < 1.29 is 19.5 Å². The second-order valence-corrected chi connectivity index (χ2v) is 4.39. The first-order valence-corrected chi connectivity index (χ1v) is 5.73. The van der Waals surface area contributed by atoms with Crippen LogP contribution in [0.2, 0.25) is 0 Å². The maximum Gasteiger partial charge on any atom is 0.365 e. The number of carboxylic acids is 1. The number of aromatic nitrogens is 1. The fraction of sp³-hybridized carbons (Fsp3) is 0.333. The van der Waals surface area contributed by atoms with Gasteiger partial charge >= 0.3 is 5.97 Å². The Bertz CT molecular complexity index is 457. The summed E-state index contributed by atoms with van der Waals surface area (Å²) in [6.45, 7) is -0.165. The van der Waals surface area contributed by atoms with Gasteiger partial charge in [-0.15, -0.1) is 11.3 Å². The van der Waals surface area contributed by atoms with Gasteiger partial charge in [0.15, 0.2) is 0 Å². The molecule has 0 saturated carbocycles. The predicted octanol–water partition coefficient (Wildman–Crippen LogP) is -1.39. The second kappa shape index (κ2) is 6.07. The fourth-order valence-electron chi connectivity index (χ4n) is 1.32. The summed E-state index contributed by atoms with van der Waals surface area (Å²) in [5.41, 5.74) is 10.5. The first kappa shape index (κ1) is 14.1. The van der Waals surface area contributed by atoms with Crippen LogP contribution in [0.25, 0.3) is 0 Å². The number of primary amides is 2. The van der Waals surface area contributed by atoms with Crippen molar-refractivity contribution in [2.45, 2.75) is 6.54 Å². The molecule has 0 radical (unpaired) electrons. The SMILES string of the molecule is NC(=O)CN(CC(N)=O)Cc1csc(C(=O)O)n1. The Morgan fingerprint density at radius 2 is 1.83 bits per heavy atom. The Morgan fingerprint density at radius 3 is 2.22 bits per heavy atom. The van der Waals surface area contributed by atoms with Gasteiger partial charge < -0.3 is 16.6 Å². The lowest BCUT2D eigenvalue weighted by Gasteiger charge is -2.17. The van der Waals surface area contributed by atoms with Crippen molar-refractivity contribution in [2.24, 2.45) is 11.5 Å². The van der Waals surface area contributed by atoms with Crippen molar-refractivity contribution in [3.63, 3.8) is 0 Å². The van der Waals surface area contributed by atoms with Crippen molar-refractivity contribution in [3.8, 4) is 0 Å². The van der Waals surface area contributed by atoms with E-state index >= 15 is 0 Å². The Balaban J connectivity index is 2.71. The van der Waals surface area contributed by atoms with Crippen LogP contribution in [-0.2, 0) is 16.1 Å². The van der Waals surface area contributed by atoms with Gasteiger partial charge in [-0.25, -0.2) is 9.78 Å². The van der Waals surface area contributed by atoms with E-state index in [0.29, 0.717) is 5.69 Å². The maximum atomic E-state index is 10.8. The topological polar surface area (TPSA) is 140 Å². The maximum absolute atomic E-state index is 10.8. The summed E-state index contributed by atoms with van der Waals surface area (Å²) in [6, 6.07) is 0. The smallest absolute Gasteiger partial charge is 0.365 e. The summed E-state index contributed by atoms with van der Waals surface area (Å²) < 4.78 is 0. The van der Waals surface area contributed by atoms with Gasteiger partial charge in [0.1, 0.15) is 0 Å². The van der Waals surface area contributed by atoms with Crippen molar-refractivity contribution >= 4 is 29.1 Å². The highest BCUT2D eigenvalue weighted by molar-refractivity contribution is 7.11. The Kier molecular flexibility index (Phi) is 4.75. The minimum absolute atomic E-state index is 0.0527. The van der Waals surface area contributed by atoms with Crippen LogP contribution in [0.5, 0.6) is 0 Å². The highest BCUT2D eigenvalue weighted by Crippen LogP contribution is 2.11. The van der Waals surface area contributed by atoms with Crippen LogP contribution in [0.3, 0.4) is 0 Å². The molecule has 2 amide bonds. The number of aromatic carboxylic acids is 1. The predicted molar refractivity (Wildman–Crippen MR) is 62.7 cm³/mol. The van der Waals surface area contributed by atoms with Crippen LogP contribution in [0, 0.1) is 0 Å². The molecule has 1 aromatic rings. The number of nitrogens with two attached hydrogens (primary N) is 2. The lowest BCUT2D eigenvalue weighted by molar-refractivity contribution is -0.122. The quantitative estimate of drug-likeness (QED) is 0.558. The molecule has 0 bridgehead atoms. The van der Waals surface area contributed by atoms with Gasteiger partial charge in [0.25, 0.3) is 0 Å².